The van der Waals surface area contributed by atoms with Crippen LogP contribution in [0.2, 0.25) is 0 Å². The van der Waals surface area contributed by atoms with E-state index in [-0.39, 0.29) is 70.4 Å². The molecule has 0 amide bonds. The van der Waals surface area contributed by atoms with E-state index in [0.29, 0.717) is 0 Å². The number of hydrogen-bond acceptors (Lipinski definition) is 0. The summed E-state index contributed by atoms with van der Waals surface area (Å²) < 4.78 is 0. The van der Waals surface area contributed by atoms with E-state index in [1.807, 2.05) is 0 Å². The van der Waals surface area contributed by atoms with E-state index in [2.05, 4.69) is 0 Å². The minimum atomic E-state index is 0. The van der Waals surface area contributed by atoms with Gasteiger partial charge in [-0.1, -0.05) is 0 Å². The average molecular weight is 302 g/mol. The van der Waals surface area contributed by atoms with Crippen LogP contribution in [0.1, 0.15) is 0 Å². The van der Waals surface area contributed by atoms with Gasteiger partial charge in [-0.05, 0) is 0 Å². The molecule has 3 radical (unpaired) electrons. The van der Waals surface area contributed by atoms with E-state index in [4.69, 9.17) is 0 Å². The summed E-state index contributed by atoms with van der Waals surface area (Å²) in [5.41, 5.74) is 0. The Morgan fingerprint density at radius 2 is 1.00 bits per heavy atom. The fourth-order valence-corrected chi connectivity index (χ4v) is 0. The summed E-state index contributed by atoms with van der Waals surface area (Å²) in [6.45, 7) is 0. The van der Waals surface area contributed by atoms with Gasteiger partial charge in [-0.25, -0.2) is 0 Å². The Balaban J connectivity index is 0. The summed E-state index contributed by atoms with van der Waals surface area (Å²) in [6.07, 6.45) is 0. The van der Waals surface area contributed by atoms with Gasteiger partial charge in [-0.2, -0.15) is 0 Å². The van der Waals surface area contributed by atoms with Crippen molar-refractivity contribution in [2.24, 2.45) is 0 Å². The summed E-state index contributed by atoms with van der Waals surface area (Å²) in [5.74, 6) is 0. The van der Waals surface area contributed by atoms with Gasteiger partial charge in [0, 0.05) is 17.1 Å². The van der Waals surface area contributed by atoms with Crippen molar-refractivity contribution < 1.29 is 17.1 Å². The molecule has 0 unspecified atom stereocenters. The van der Waals surface area contributed by atoms with Crippen molar-refractivity contribution in [1.82, 2.24) is 0 Å². The van der Waals surface area contributed by atoms with Crippen LogP contribution in [0.3, 0.4) is 0 Å². The maximum atomic E-state index is 0. The second-order valence-electron chi connectivity index (χ2n) is 0. The van der Waals surface area contributed by atoms with E-state index < -0.39 is 0 Å². The first-order valence-electron chi connectivity index (χ1n) is 0. The second kappa shape index (κ2) is 19.5. The van der Waals surface area contributed by atoms with E-state index in [0.717, 1.165) is 0 Å². The Morgan fingerprint density at radius 1 is 1.00 bits per heavy atom. The van der Waals surface area contributed by atoms with Crippen molar-refractivity contribution in [2.75, 3.05) is 0 Å². The summed E-state index contributed by atoms with van der Waals surface area (Å²) in [7, 11) is 0. The molecule has 0 aliphatic rings. The molecule has 0 rings (SSSR count). The molecule has 33 valence electrons. The van der Waals surface area contributed by atoms with Crippen LogP contribution >= 0.6 is 29.4 Å². The third kappa shape index (κ3) is 8.94. The molecule has 0 saturated heterocycles. The van der Waals surface area contributed by atoms with Crippen LogP contribution in [0.5, 0.6) is 0 Å². The van der Waals surface area contributed by atoms with Gasteiger partial charge in [0.2, 0.25) is 0 Å². The van der Waals surface area contributed by atoms with Crippen molar-refractivity contribution in [3.05, 3.63) is 0 Å². The van der Waals surface area contributed by atoms with Crippen LogP contribution in [0.15, 0.2) is 0 Å². The molecule has 0 aliphatic heterocycles. The predicted molar refractivity (Wildman–Crippen MR) is 26.1 cm³/mol. The van der Waals surface area contributed by atoms with Gasteiger partial charge >= 0.3 is 23.9 Å². The van der Waals surface area contributed by atoms with E-state index in [1.165, 1.54) is 0 Å². The summed E-state index contributed by atoms with van der Waals surface area (Å²) in [5, 5.41) is 0. The van der Waals surface area contributed by atoms with Crippen LogP contribution in [0.25, 0.3) is 0 Å². The molecule has 0 aliphatic carbocycles. The SMILES string of the molecule is Br.Cl.[Cu].[SnH2]. The summed E-state index contributed by atoms with van der Waals surface area (Å²) >= 11 is 0. The van der Waals surface area contributed by atoms with Crippen molar-refractivity contribution in [2.45, 2.75) is 0 Å². The van der Waals surface area contributed by atoms with Crippen molar-refractivity contribution in [1.29, 1.82) is 0 Å². The molecule has 4 heteroatoms. The van der Waals surface area contributed by atoms with Crippen LogP contribution in [-0.4, -0.2) is 23.9 Å². The molecular weight excluding hydrogens is 298 g/mol. The van der Waals surface area contributed by atoms with Gasteiger partial charge in [-0.3, -0.25) is 0 Å². The van der Waals surface area contributed by atoms with E-state index in [1.54, 1.807) is 0 Å². The van der Waals surface area contributed by atoms with Gasteiger partial charge < -0.3 is 0 Å². The molecule has 0 heterocycles. The van der Waals surface area contributed by atoms with Crippen LogP contribution in [-0.2, 0) is 17.1 Å². The molecule has 4 heavy (non-hydrogen) atoms. The fraction of sp³-hybridized carbons (Fsp3) is 0. The fourth-order valence-electron chi connectivity index (χ4n) is 0. The summed E-state index contributed by atoms with van der Waals surface area (Å²) in [6, 6.07) is 0. The van der Waals surface area contributed by atoms with Gasteiger partial charge in [0.15, 0.2) is 0 Å². The molecule has 0 atom stereocenters. The van der Waals surface area contributed by atoms with Crippen LogP contribution in [0.4, 0.5) is 0 Å². The molecule has 0 N–H and O–H groups in total. The van der Waals surface area contributed by atoms with Gasteiger partial charge in [0.05, 0.1) is 0 Å². The van der Waals surface area contributed by atoms with Crippen LogP contribution in [0, 0.1) is 0 Å². The number of halogens is 2. The summed E-state index contributed by atoms with van der Waals surface area (Å²) in [4.78, 5) is 0. The Bertz CT molecular complexity index is 8.00. The zero-order valence-electron chi connectivity index (χ0n) is 1.83. The van der Waals surface area contributed by atoms with E-state index >= 15 is 0 Å². The zero-order chi connectivity index (χ0) is 0. The third-order valence-electron chi connectivity index (χ3n) is 0. The molecule has 0 aromatic heterocycles. The third-order valence-corrected chi connectivity index (χ3v) is 0. The standard InChI is InChI=1S/BrH.ClH.Cu.Sn.2H/h2*1H;;;;. The quantitative estimate of drug-likeness (QED) is 0.556. The predicted octanol–water partition coefficient (Wildman–Crippen LogP) is 0.0810. The van der Waals surface area contributed by atoms with Crippen molar-refractivity contribution >= 4 is 53.3 Å². The molecular formula is H4BrClCuSn. The Kier molecular flexibility index (Phi) is 176. The van der Waals surface area contributed by atoms with Gasteiger partial charge in [-0.15, -0.1) is 29.4 Å². The van der Waals surface area contributed by atoms with Crippen LogP contribution < -0.4 is 0 Å². The molecule has 0 aromatic carbocycles. The van der Waals surface area contributed by atoms with E-state index in [9.17, 15) is 0 Å². The van der Waals surface area contributed by atoms with Gasteiger partial charge in [0.1, 0.15) is 0 Å². The number of hydrogen-bond donors (Lipinski definition) is 0. The normalized spacial score (nSPS) is 0. The topological polar surface area (TPSA) is 0 Å². The Labute approximate surface area is 69.7 Å². The van der Waals surface area contributed by atoms with Crippen molar-refractivity contribution in [3.8, 4) is 0 Å². The molecule has 0 bridgehead atoms. The minimum absolute atomic E-state index is 0. The Morgan fingerprint density at radius 3 is 1.00 bits per heavy atom. The first-order valence-corrected chi connectivity index (χ1v) is 0. The second-order valence-corrected chi connectivity index (χ2v) is 0. The Hall–Kier alpha value is 2.09. The first-order chi connectivity index (χ1) is 0. The zero-order valence-corrected chi connectivity index (χ0v) is 9.33. The monoisotopic (exact) mass is 301 g/mol. The van der Waals surface area contributed by atoms with Gasteiger partial charge in [0.25, 0.3) is 0 Å². The van der Waals surface area contributed by atoms with Crippen molar-refractivity contribution in [3.63, 3.8) is 0 Å². The average Bonchev–Trinajstić information content (AvgIpc) is 0. The number of rotatable bonds is 0. The molecule has 0 aromatic rings. The molecule has 0 saturated carbocycles. The molecule has 0 fully saturated rings. The first kappa shape index (κ1) is 36.1. The molecule has 0 nitrogen and oxygen atoms in total. The molecule has 0 spiro atoms. The maximum absolute atomic E-state index is 0.